The van der Waals surface area contributed by atoms with Gasteiger partial charge in [0.1, 0.15) is 12.9 Å². The van der Waals surface area contributed by atoms with Gasteiger partial charge in [0.15, 0.2) is 6.61 Å². The van der Waals surface area contributed by atoms with Gasteiger partial charge in [-0.15, -0.1) is 5.10 Å². The first kappa shape index (κ1) is 12.3. The van der Waals surface area contributed by atoms with Crippen molar-refractivity contribution in [3.05, 3.63) is 6.33 Å². The number of carbonyl (C=O) groups excluding carboxylic acids is 2. The quantitative estimate of drug-likeness (QED) is 0.624. The molecule has 0 atom stereocenters. The molecule has 18 heavy (non-hydrogen) atoms. The molecule has 1 saturated carbocycles. The summed E-state index contributed by atoms with van der Waals surface area (Å²) >= 11 is 0. The van der Waals surface area contributed by atoms with E-state index in [2.05, 4.69) is 15.4 Å². The summed E-state index contributed by atoms with van der Waals surface area (Å²) in [4.78, 5) is 26.3. The van der Waals surface area contributed by atoms with Crippen molar-refractivity contribution in [2.75, 3.05) is 18.9 Å². The van der Waals surface area contributed by atoms with E-state index < -0.39 is 5.97 Å². The number of hydrogen-bond acceptors (Lipinski definition) is 6. The second-order valence-electron chi connectivity index (χ2n) is 4.21. The van der Waals surface area contributed by atoms with Gasteiger partial charge in [-0.2, -0.15) is 0 Å². The van der Waals surface area contributed by atoms with Crippen LogP contribution in [0.2, 0.25) is 0 Å². The number of esters is 1. The molecule has 2 rings (SSSR count). The Kier molecular flexibility index (Phi) is 3.75. The first-order valence-corrected chi connectivity index (χ1v) is 5.70. The summed E-state index contributed by atoms with van der Waals surface area (Å²) < 4.78 is 6.04. The largest absolute Gasteiger partial charge is 0.454 e. The van der Waals surface area contributed by atoms with Crippen LogP contribution in [0.3, 0.4) is 0 Å². The molecule has 1 heterocycles. The molecule has 1 fully saturated rings. The zero-order chi connectivity index (χ0) is 13.0. The molecule has 0 saturated heterocycles. The lowest BCUT2D eigenvalue weighted by Gasteiger charge is -2.05. The van der Waals surface area contributed by atoms with Gasteiger partial charge in [-0.3, -0.25) is 9.59 Å². The van der Waals surface area contributed by atoms with Crippen molar-refractivity contribution in [1.29, 1.82) is 0 Å². The van der Waals surface area contributed by atoms with Crippen LogP contribution in [0, 0.1) is 5.92 Å². The summed E-state index contributed by atoms with van der Waals surface area (Å²) in [5, 5.41) is 6.42. The highest BCUT2D eigenvalue weighted by atomic mass is 16.5. The fourth-order valence-electron chi connectivity index (χ4n) is 1.34. The van der Waals surface area contributed by atoms with Gasteiger partial charge >= 0.3 is 5.97 Å². The predicted octanol–water partition coefficient (Wildman–Crippen LogP) is -1.07. The minimum Gasteiger partial charge on any atom is -0.454 e. The van der Waals surface area contributed by atoms with E-state index in [9.17, 15) is 9.59 Å². The van der Waals surface area contributed by atoms with Crippen LogP contribution >= 0.6 is 0 Å². The van der Waals surface area contributed by atoms with E-state index in [4.69, 9.17) is 10.5 Å². The molecule has 0 bridgehead atoms. The monoisotopic (exact) mass is 253 g/mol. The molecule has 8 heteroatoms. The molecule has 1 amide bonds. The summed E-state index contributed by atoms with van der Waals surface area (Å²) in [7, 11) is 0. The fourth-order valence-corrected chi connectivity index (χ4v) is 1.34. The maximum absolute atomic E-state index is 11.3. The van der Waals surface area contributed by atoms with E-state index in [1.807, 2.05) is 0 Å². The van der Waals surface area contributed by atoms with E-state index in [1.54, 1.807) is 0 Å². The van der Waals surface area contributed by atoms with Crippen molar-refractivity contribution >= 4 is 17.8 Å². The predicted molar refractivity (Wildman–Crippen MR) is 61.1 cm³/mol. The number of ether oxygens (including phenoxy) is 1. The van der Waals surface area contributed by atoms with Crippen molar-refractivity contribution in [3.63, 3.8) is 0 Å². The SMILES string of the molecule is Nc1ncn(CC(=O)OCC(=O)NCC2CC2)n1. The van der Waals surface area contributed by atoms with Gasteiger partial charge in [-0.1, -0.05) is 0 Å². The summed E-state index contributed by atoms with van der Waals surface area (Å²) in [6, 6.07) is 0. The number of nitrogens with zero attached hydrogens (tertiary/aromatic N) is 3. The average Bonchev–Trinajstić information content (AvgIpc) is 3.08. The molecule has 0 aromatic carbocycles. The summed E-state index contributed by atoms with van der Waals surface area (Å²) in [6.45, 7) is 0.284. The number of carbonyl (C=O) groups is 2. The lowest BCUT2D eigenvalue weighted by atomic mass is 10.4. The number of nitrogens with two attached hydrogens (primary N) is 1. The Balaban J connectivity index is 1.62. The topological polar surface area (TPSA) is 112 Å². The molecule has 98 valence electrons. The van der Waals surface area contributed by atoms with Gasteiger partial charge in [0, 0.05) is 6.54 Å². The Morgan fingerprint density at radius 2 is 2.33 bits per heavy atom. The van der Waals surface area contributed by atoms with Crippen molar-refractivity contribution in [2.45, 2.75) is 19.4 Å². The molecule has 0 spiro atoms. The number of hydrogen-bond donors (Lipinski definition) is 2. The normalized spacial score (nSPS) is 14.2. The van der Waals surface area contributed by atoms with Gasteiger partial charge in [0.05, 0.1) is 0 Å². The van der Waals surface area contributed by atoms with Crippen molar-refractivity contribution < 1.29 is 14.3 Å². The Morgan fingerprint density at radius 3 is 2.94 bits per heavy atom. The number of aromatic nitrogens is 3. The summed E-state index contributed by atoms with van der Waals surface area (Å²) in [5.74, 6) is -0.150. The molecular weight excluding hydrogens is 238 g/mol. The van der Waals surface area contributed by atoms with Crippen molar-refractivity contribution in [3.8, 4) is 0 Å². The van der Waals surface area contributed by atoms with Crippen molar-refractivity contribution in [1.82, 2.24) is 20.1 Å². The zero-order valence-electron chi connectivity index (χ0n) is 9.83. The molecule has 1 aliphatic carbocycles. The van der Waals surface area contributed by atoms with E-state index >= 15 is 0 Å². The van der Waals surface area contributed by atoms with E-state index in [0.29, 0.717) is 12.5 Å². The van der Waals surface area contributed by atoms with Crippen LogP contribution in [0.25, 0.3) is 0 Å². The lowest BCUT2D eigenvalue weighted by Crippen LogP contribution is -2.31. The second-order valence-corrected chi connectivity index (χ2v) is 4.21. The molecule has 1 aliphatic rings. The molecule has 1 aromatic rings. The third-order valence-corrected chi connectivity index (χ3v) is 2.49. The van der Waals surface area contributed by atoms with Crippen LogP contribution < -0.4 is 11.1 Å². The van der Waals surface area contributed by atoms with Gasteiger partial charge in [0.25, 0.3) is 5.91 Å². The van der Waals surface area contributed by atoms with E-state index in [-0.39, 0.29) is 25.0 Å². The van der Waals surface area contributed by atoms with Crippen LogP contribution in [0.1, 0.15) is 12.8 Å². The molecule has 0 aliphatic heterocycles. The number of nitrogen functional groups attached to an aromatic ring is 1. The molecule has 1 aromatic heterocycles. The average molecular weight is 253 g/mol. The lowest BCUT2D eigenvalue weighted by molar-refractivity contribution is -0.149. The molecule has 3 N–H and O–H groups in total. The first-order chi connectivity index (χ1) is 8.63. The number of nitrogens with one attached hydrogen (secondary N) is 1. The minimum absolute atomic E-state index is 0.0879. The standard InChI is InChI=1S/C10H15N5O3/c11-10-13-6-15(14-10)4-9(17)18-5-8(16)12-3-7-1-2-7/h6-7H,1-5H2,(H2,11,14)(H,12,16). The Bertz CT molecular complexity index is 440. The van der Waals surface area contributed by atoms with Gasteiger partial charge in [0.2, 0.25) is 5.95 Å². The molecule has 0 unspecified atom stereocenters. The highest BCUT2D eigenvalue weighted by Crippen LogP contribution is 2.27. The van der Waals surface area contributed by atoms with Gasteiger partial charge in [-0.25, -0.2) is 9.67 Å². The van der Waals surface area contributed by atoms with Crippen LogP contribution in [-0.2, 0) is 20.9 Å². The van der Waals surface area contributed by atoms with Gasteiger partial charge < -0.3 is 15.8 Å². The highest BCUT2D eigenvalue weighted by Gasteiger charge is 2.21. The van der Waals surface area contributed by atoms with E-state index in [0.717, 1.165) is 12.8 Å². The summed E-state index contributed by atoms with van der Waals surface area (Å²) in [5.41, 5.74) is 5.29. The maximum atomic E-state index is 11.3. The van der Waals surface area contributed by atoms with Crippen LogP contribution in [0.5, 0.6) is 0 Å². The Hall–Kier alpha value is -2.12. The maximum Gasteiger partial charge on any atom is 0.328 e. The minimum atomic E-state index is -0.554. The number of amides is 1. The zero-order valence-corrected chi connectivity index (χ0v) is 9.83. The Morgan fingerprint density at radius 1 is 1.56 bits per heavy atom. The third-order valence-electron chi connectivity index (χ3n) is 2.49. The summed E-state index contributed by atoms with van der Waals surface area (Å²) in [6.07, 6.45) is 3.64. The highest BCUT2D eigenvalue weighted by molar-refractivity contribution is 5.80. The Labute approximate surface area is 103 Å². The molecule has 0 radical (unpaired) electrons. The number of anilines is 1. The van der Waals surface area contributed by atoms with Crippen LogP contribution in [0.4, 0.5) is 5.95 Å². The third kappa shape index (κ3) is 4.04. The van der Waals surface area contributed by atoms with Gasteiger partial charge in [-0.05, 0) is 18.8 Å². The van der Waals surface area contributed by atoms with Crippen LogP contribution in [-0.4, -0.2) is 39.8 Å². The molecule has 8 nitrogen and oxygen atoms in total. The first-order valence-electron chi connectivity index (χ1n) is 5.70. The van der Waals surface area contributed by atoms with E-state index in [1.165, 1.54) is 11.0 Å². The second kappa shape index (κ2) is 5.48. The number of rotatable bonds is 6. The molecular formula is C10H15N5O3. The van der Waals surface area contributed by atoms with Crippen molar-refractivity contribution in [2.24, 2.45) is 5.92 Å². The fraction of sp³-hybridized carbons (Fsp3) is 0.600. The smallest absolute Gasteiger partial charge is 0.328 e. The van der Waals surface area contributed by atoms with Crippen LogP contribution in [0.15, 0.2) is 6.33 Å².